The second-order valence-electron chi connectivity index (χ2n) is 5.84. The molecule has 3 unspecified atom stereocenters. The highest BCUT2D eigenvalue weighted by Gasteiger charge is 2.17. The van der Waals surface area contributed by atoms with Gasteiger partial charge in [0.2, 0.25) is 0 Å². The van der Waals surface area contributed by atoms with Crippen LogP contribution >= 0.6 is 0 Å². The highest BCUT2D eigenvalue weighted by molar-refractivity contribution is 4.79. The maximum absolute atomic E-state index is 3.74. The molecule has 1 aliphatic rings. The molecule has 1 rings (SSSR count). The number of nitrogens with zero attached hydrogens (tertiary/aromatic N) is 1. The SMILES string of the molecule is CCN(CC)CC(C)NC(C)CC1CCCCN1. The van der Waals surface area contributed by atoms with Gasteiger partial charge in [0, 0.05) is 24.7 Å². The molecule has 1 heterocycles. The summed E-state index contributed by atoms with van der Waals surface area (Å²) in [5.41, 5.74) is 0. The predicted octanol–water partition coefficient (Wildman–Crippen LogP) is 2.23. The van der Waals surface area contributed by atoms with E-state index in [4.69, 9.17) is 0 Å². The van der Waals surface area contributed by atoms with E-state index >= 15 is 0 Å². The topological polar surface area (TPSA) is 27.3 Å². The lowest BCUT2D eigenvalue weighted by atomic mass is 9.98. The normalized spacial score (nSPS) is 24.2. The molecule has 0 aromatic rings. The standard InChI is InChI=1S/C15H33N3/c1-5-18(6-2)12-14(4)17-13(3)11-15-9-7-8-10-16-15/h13-17H,5-12H2,1-4H3. The van der Waals surface area contributed by atoms with Crippen molar-refractivity contribution in [1.82, 2.24) is 15.5 Å². The molecule has 3 heteroatoms. The van der Waals surface area contributed by atoms with Crippen molar-refractivity contribution in [3.8, 4) is 0 Å². The summed E-state index contributed by atoms with van der Waals surface area (Å²) in [7, 11) is 0. The van der Waals surface area contributed by atoms with Crippen LogP contribution in [0.1, 0.15) is 53.4 Å². The summed E-state index contributed by atoms with van der Waals surface area (Å²) in [5.74, 6) is 0. The molecule has 0 aliphatic carbocycles. The first-order valence-corrected chi connectivity index (χ1v) is 7.87. The van der Waals surface area contributed by atoms with Crippen LogP contribution in [0.4, 0.5) is 0 Å². The molecule has 1 saturated heterocycles. The van der Waals surface area contributed by atoms with Crippen LogP contribution in [-0.4, -0.2) is 49.2 Å². The average molecular weight is 255 g/mol. The van der Waals surface area contributed by atoms with Crippen LogP contribution in [-0.2, 0) is 0 Å². The third-order valence-corrected chi connectivity index (χ3v) is 4.05. The molecule has 0 aromatic heterocycles. The zero-order valence-electron chi connectivity index (χ0n) is 12.8. The Kier molecular flexibility index (Phi) is 7.87. The number of likely N-dealkylation sites (N-methyl/N-ethyl adjacent to an activating group) is 1. The molecule has 1 aliphatic heterocycles. The smallest absolute Gasteiger partial charge is 0.0169 e. The van der Waals surface area contributed by atoms with Crippen molar-refractivity contribution in [2.24, 2.45) is 0 Å². The zero-order valence-corrected chi connectivity index (χ0v) is 12.8. The molecule has 0 saturated carbocycles. The minimum Gasteiger partial charge on any atom is -0.314 e. The predicted molar refractivity (Wildman–Crippen MR) is 80.1 cm³/mol. The van der Waals surface area contributed by atoms with Gasteiger partial charge in [-0.1, -0.05) is 20.3 Å². The molecule has 3 atom stereocenters. The van der Waals surface area contributed by atoms with Crippen LogP contribution < -0.4 is 10.6 Å². The van der Waals surface area contributed by atoms with Crippen molar-refractivity contribution in [3.63, 3.8) is 0 Å². The average Bonchev–Trinajstić information content (AvgIpc) is 2.36. The van der Waals surface area contributed by atoms with E-state index in [0.717, 1.165) is 25.7 Å². The lowest BCUT2D eigenvalue weighted by Crippen LogP contribution is -2.46. The maximum Gasteiger partial charge on any atom is 0.0169 e. The van der Waals surface area contributed by atoms with Crippen LogP contribution in [0.2, 0.25) is 0 Å². The Morgan fingerprint density at radius 1 is 1.17 bits per heavy atom. The summed E-state index contributed by atoms with van der Waals surface area (Å²) < 4.78 is 0. The van der Waals surface area contributed by atoms with Crippen LogP contribution in [0.5, 0.6) is 0 Å². The summed E-state index contributed by atoms with van der Waals surface area (Å²) >= 11 is 0. The Balaban J connectivity index is 2.19. The lowest BCUT2D eigenvalue weighted by molar-refractivity contribution is 0.254. The van der Waals surface area contributed by atoms with Gasteiger partial charge >= 0.3 is 0 Å². The number of hydrogen-bond donors (Lipinski definition) is 2. The van der Waals surface area contributed by atoms with E-state index in [9.17, 15) is 0 Å². The van der Waals surface area contributed by atoms with E-state index in [1.54, 1.807) is 0 Å². The second kappa shape index (κ2) is 8.89. The van der Waals surface area contributed by atoms with E-state index in [-0.39, 0.29) is 0 Å². The third kappa shape index (κ3) is 6.17. The fraction of sp³-hybridized carbons (Fsp3) is 1.00. The van der Waals surface area contributed by atoms with Crippen molar-refractivity contribution >= 4 is 0 Å². The summed E-state index contributed by atoms with van der Waals surface area (Å²) in [5, 5.41) is 7.38. The summed E-state index contributed by atoms with van der Waals surface area (Å²) in [6.07, 6.45) is 5.38. The van der Waals surface area contributed by atoms with Crippen LogP contribution in [0.25, 0.3) is 0 Å². The Labute approximate surface area is 114 Å². The van der Waals surface area contributed by atoms with Crippen molar-refractivity contribution in [1.29, 1.82) is 0 Å². The van der Waals surface area contributed by atoms with Gasteiger partial charge in [-0.05, 0) is 52.7 Å². The lowest BCUT2D eigenvalue weighted by Gasteiger charge is -2.30. The van der Waals surface area contributed by atoms with E-state index in [1.807, 2.05) is 0 Å². The van der Waals surface area contributed by atoms with E-state index in [1.165, 1.54) is 32.2 Å². The van der Waals surface area contributed by atoms with Crippen LogP contribution in [0, 0.1) is 0 Å². The first-order chi connectivity index (χ1) is 8.65. The molecule has 0 aromatic carbocycles. The fourth-order valence-electron chi connectivity index (χ4n) is 3.03. The van der Waals surface area contributed by atoms with Crippen LogP contribution in [0.3, 0.4) is 0 Å². The second-order valence-corrected chi connectivity index (χ2v) is 5.84. The van der Waals surface area contributed by atoms with Crippen molar-refractivity contribution in [3.05, 3.63) is 0 Å². The summed E-state index contributed by atoms with van der Waals surface area (Å²) in [6.45, 7) is 13.8. The van der Waals surface area contributed by atoms with Crippen molar-refractivity contribution in [2.45, 2.75) is 71.5 Å². The zero-order chi connectivity index (χ0) is 13.4. The molecule has 0 amide bonds. The molecule has 2 N–H and O–H groups in total. The van der Waals surface area contributed by atoms with Gasteiger partial charge < -0.3 is 15.5 Å². The first kappa shape index (κ1) is 15.9. The quantitative estimate of drug-likeness (QED) is 0.696. The highest BCUT2D eigenvalue weighted by Crippen LogP contribution is 2.12. The fourth-order valence-corrected chi connectivity index (χ4v) is 3.03. The number of rotatable bonds is 8. The molecule has 0 radical (unpaired) electrons. The summed E-state index contributed by atoms with van der Waals surface area (Å²) in [6, 6.07) is 1.94. The molecular weight excluding hydrogens is 222 g/mol. The van der Waals surface area contributed by atoms with Crippen molar-refractivity contribution < 1.29 is 0 Å². The molecule has 108 valence electrons. The minimum atomic E-state index is 0.587. The van der Waals surface area contributed by atoms with Gasteiger partial charge in [-0.2, -0.15) is 0 Å². The Morgan fingerprint density at radius 2 is 1.89 bits per heavy atom. The van der Waals surface area contributed by atoms with Gasteiger partial charge in [0.1, 0.15) is 0 Å². The number of nitrogens with one attached hydrogen (secondary N) is 2. The monoisotopic (exact) mass is 255 g/mol. The molecule has 0 spiro atoms. The van der Waals surface area contributed by atoms with Gasteiger partial charge in [-0.3, -0.25) is 0 Å². The van der Waals surface area contributed by atoms with E-state index < -0.39 is 0 Å². The molecule has 1 fully saturated rings. The number of hydrogen-bond acceptors (Lipinski definition) is 3. The first-order valence-electron chi connectivity index (χ1n) is 7.87. The minimum absolute atomic E-state index is 0.587. The molecule has 18 heavy (non-hydrogen) atoms. The van der Waals surface area contributed by atoms with Gasteiger partial charge in [0.15, 0.2) is 0 Å². The van der Waals surface area contributed by atoms with Gasteiger partial charge in [-0.15, -0.1) is 0 Å². The largest absolute Gasteiger partial charge is 0.314 e. The molecule has 3 nitrogen and oxygen atoms in total. The molecule has 0 bridgehead atoms. The Hall–Kier alpha value is -0.120. The highest BCUT2D eigenvalue weighted by atomic mass is 15.1. The molecular formula is C15H33N3. The third-order valence-electron chi connectivity index (χ3n) is 4.05. The van der Waals surface area contributed by atoms with Gasteiger partial charge in [-0.25, -0.2) is 0 Å². The maximum atomic E-state index is 3.74. The van der Waals surface area contributed by atoms with Crippen LogP contribution in [0.15, 0.2) is 0 Å². The Bertz CT molecular complexity index is 198. The van der Waals surface area contributed by atoms with Gasteiger partial charge in [0.25, 0.3) is 0 Å². The number of piperidine rings is 1. The Morgan fingerprint density at radius 3 is 2.44 bits per heavy atom. The van der Waals surface area contributed by atoms with E-state index in [0.29, 0.717) is 12.1 Å². The van der Waals surface area contributed by atoms with E-state index in [2.05, 4.69) is 43.2 Å². The van der Waals surface area contributed by atoms with Crippen molar-refractivity contribution in [2.75, 3.05) is 26.2 Å². The van der Waals surface area contributed by atoms with Gasteiger partial charge in [0.05, 0.1) is 0 Å². The summed E-state index contributed by atoms with van der Waals surface area (Å²) in [4.78, 5) is 2.49.